The van der Waals surface area contributed by atoms with E-state index in [9.17, 15) is 4.79 Å². The van der Waals surface area contributed by atoms with Crippen molar-refractivity contribution in [1.82, 2.24) is 5.01 Å². The van der Waals surface area contributed by atoms with Gasteiger partial charge in [-0.1, -0.05) is 6.92 Å². The van der Waals surface area contributed by atoms with Gasteiger partial charge in [-0.15, -0.1) is 0 Å². The number of carbonyl (C=O) groups is 1. The maximum Gasteiger partial charge on any atom is 0.229 e. The molecule has 0 atom stereocenters. The molecule has 0 heterocycles. The lowest BCUT2D eigenvalue weighted by atomic mass is 10.2. The average molecular weight is 206 g/mol. The Balaban J connectivity index is 2.63. The number of hydrazone groups is 1. The fourth-order valence-electron chi connectivity index (χ4n) is 1.07. The summed E-state index contributed by atoms with van der Waals surface area (Å²) in [6.07, 6.45) is 3.15. The normalized spacial score (nSPS) is 10.5. The van der Waals surface area contributed by atoms with Crippen LogP contribution in [0.15, 0.2) is 29.4 Å². The fraction of sp³-hybridized carbons (Fsp3) is 0.273. The van der Waals surface area contributed by atoms with Crippen LogP contribution in [0.25, 0.3) is 0 Å². The smallest absolute Gasteiger partial charge is 0.229 e. The number of benzene rings is 1. The van der Waals surface area contributed by atoms with Crippen molar-refractivity contribution in [1.29, 1.82) is 0 Å². The molecule has 0 spiro atoms. The highest BCUT2D eigenvalue weighted by Gasteiger charge is 1.94. The quantitative estimate of drug-likeness (QED) is 0.452. The van der Waals surface area contributed by atoms with Crippen molar-refractivity contribution >= 4 is 12.6 Å². The number of phenolic OH excluding ortho intramolecular Hbond substituents is 1. The molecule has 0 fully saturated rings. The van der Waals surface area contributed by atoms with E-state index in [0.717, 1.165) is 12.0 Å². The van der Waals surface area contributed by atoms with Crippen LogP contribution in [0.1, 0.15) is 18.9 Å². The highest BCUT2D eigenvalue weighted by atomic mass is 16.3. The zero-order valence-electron chi connectivity index (χ0n) is 8.63. The molecule has 0 aliphatic carbocycles. The molecule has 0 saturated carbocycles. The van der Waals surface area contributed by atoms with Crippen LogP contribution < -0.4 is 0 Å². The van der Waals surface area contributed by atoms with Gasteiger partial charge in [-0.25, -0.2) is 5.01 Å². The van der Waals surface area contributed by atoms with Crippen LogP contribution in [0.3, 0.4) is 0 Å². The van der Waals surface area contributed by atoms with Crippen molar-refractivity contribution in [2.75, 3.05) is 6.54 Å². The second kappa shape index (κ2) is 5.80. The molecule has 4 nitrogen and oxygen atoms in total. The van der Waals surface area contributed by atoms with Gasteiger partial charge < -0.3 is 5.11 Å². The number of hydrogen-bond acceptors (Lipinski definition) is 3. The predicted molar refractivity (Wildman–Crippen MR) is 58.8 cm³/mol. The highest BCUT2D eigenvalue weighted by Crippen LogP contribution is 2.07. The van der Waals surface area contributed by atoms with Crippen LogP contribution in [0.2, 0.25) is 0 Å². The van der Waals surface area contributed by atoms with E-state index in [2.05, 4.69) is 5.10 Å². The summed E-state index contributed by atoms with van der Waals surface area (Å²) in [6.45, 7) is 2.59. The first kappa shape index (κ1) is 11.2. The zero-order chi connectivity index (χ0) is 11.1. The Morgan fingerprint density at radius 2 is 2.07 bits per heavy atom. The van der Waals surface area contributed by atoms with E-state index in [0.29, 0.717) is 13.0 Å². The van der Waals surface area contributed by atoms with Gasteiger partial charge in [-0.05, 0) is 36.2 Å². The van der Waals surface area contributed by atoms with Crippen LogP contribution in [-0.4, -0.2) is 29.3 Å². The number of hydrogen-bond donors (Lipinski definition) is 1. The molecule has 0 unspecified atom stereocenters. The van der Waals surface area contributed by atoms with E-state index in [4.69, 9.17) is 5.11 Å². The first-order valence-electron chi connectivity index (χ1n) is 4.81. The molecule has 0 saturated heterocycles. The third-order valence-corrected chi connectivity index (χ3v) is 1.82. The van der Waals surface area contributed by atoms with Crippen molar-refractivity contribution in [3.8, 4) is 5.75 Å². The molecule has 15 heavy (non-hydrogen) atoms. The van der Waals surface area contributed by atoms with Gasteiger partial charge in [-0.2, -0.15) is 5.10 Å². The average Bonchev–Trinajstić information content (AvgIpc) is 2.26. The molecule has 0 aromatic heterocycles. The van der Waals surface area contributed by atoms with E-state index < -0.39 is 0 Å². The third kappa shape index (κ3) is 3.81. The SMILES string of the molecule is CCCN(C=O)N=Cc1ccc(O)cc1. The predicted octanol–water partition coefficient (Wildman–Crippen LogP) is 1.59. The monoisotopic (exact) mass is 206 g/mol. The first-order valence-corrected chi connectivity index (χ1v) is 4.81. The number of rotatable bonds is 5. The van der Waals surface area contributed by atoms with E-state index in [-0.39, 0.29) is 5.75 Å². The summed E-state index contributed by atoms with van der Waals surface area (Å²) >= 11 is 0. The van der Waals surface area contributed by atoms with Crippen molar-refractivity contribution in [3.63, 3.8) is 0 Å². The van der Waals surface area contributed by atoms with E-state index in [1.807, 2.05) is 6.92 Å². The summed E-state index contributed by atoms with van der Waals surface area (Å²) < 4.78 is 0. The Bertz CT molecular complexity index is 333. The summed E-state index contributed by atoms with van der Waals surface area (Å²) in [5.74, 6) is 0.216. The first-order chi connectivity index (χ1) is 7.26. The second-order valence-corrected chi connectivity index (χ2v) is 3.10. The Morgan fingerprint density at radius 1 is 1.40 bits per heavy atom. The molecule has 0 radical (unpaired) electrons. The van der Waals surface area contributed by atoms with Gasteiger partial charge in [0.25, 0.3) is 0 Å². The van der Waals surface area contributed by atoms with E-state index >= 15 is 0 Å². The molecule has 1 amide bonds. The molecule has 0 bridgehead atoms. The lowest BCUT2D eigenvalue weighted by Crippen LogP contribution is -2.15. The minimum Gasteiger partial charge on any atom is -0.508 e. The van der Waals surface area contributed by atoms with Crippen LogP contribution in [0, 0.1) is 0 Å². The lowest BCUT2D eigenvalue weighted by Gasteiger charge is -2.07. The Hall–Kier alpha value is -1.84. The molecular formula is C11H14N2O2. The van der Waals surface area contributed by atoms with Gasteiger partial charge >= 0.3 is 0 Å². The molecule has 1 rings (SSSR count). The summed E-state index contributed by atoms with van der Waals surface area (Å²) in [6, 6.07) is 6.61. The summed E-state index contributed by atoms with van der Waals surface area (Å²) in [4.78, 5) is 10.5. The van der Waals surface area contributed by atoms with Gasteiger partial charge in [0.05, 0.1) is 6.21 Å². The van der Waals surface area contributed by atoms with Gasteiger partial charge in [-0.3, -0.25) is 4.79 Å². The van der Waals surface area contributed by atoms with E-state index in [1.54, 1.807) is 30.5 Å². The molecule has 1 aromatic carbocycles. The van der Waals surface area contributed by atoms with Crippen molar-refractivity contribution in [3.05, 3.63) is 29.8 Å². The van der Waals surface area contributed by atoms with Crippen LogP contribution in [0.4, 0.5) is 0 Å². The molecule has 1 N–H and O–H groups in total. The minimum absolute atomic E-state index is 0.216. The van der Waals surface area contributed by atoms with E-state index in [1.165, 1.54) is 5.01 Å². The minimum atomic E-state index is 0.216. The Labute approximate surface area is 88.8 Å². The number of carbonyl (C=O) groups excluding carboxylic acids is 1. The Morgan fingerprint density at radius 3 is 2.60 bits per heavy atom. The van der Waals surface area contributed by atoms with Gasteiger partial charge in [0.1, 0.15) is 5.75 Å². The van der Waals surface area contributed by atoms with Crippen molar-refractivity contribution < 1.29 is 9.90 Å². The van der Waals surface area contributed by atoms with Gasteiger partial charge in [0.2, 0.25) is 6.41 Å². The summed E-state index contributed by atoms with van der Waals surface area (Å²) in [5, 5.41) is 14.4. The standard InChI is InChI=1S/C11H14N2O2/c1-2-7-13(9-14)12-8-10-3-5-11(15)6-4-10/h3-6,8-9,15H,2,7H2,1H3. The van der Waals surface area contributed by atoms with Crippen molar-refractivity contribution in [2.45, 2.75) is 13.3 Å². The molecule has 4 heteroatoms. The van der Waals surface area contributed by atoms with Gasteiger partial charge in [0.15, 0.2) is 0 Å². The third-order valence-electron chi connectivity index (χ3n) is 1.82. The molecule has 80 valence electrons. The number of phenols is 1. The Kier molecular flexibility index (Phi) is 4.34. The lowest BCUT2D eigenvalue weighted by molar-refractivity contribution is -0.118. The maximum absolute atomic E-state index is 10.5. The van der Waals surface area contributed by atoms with Crippen molar-refractivity contribution in [2.24, 2.45) is 5.10 Å². The topological polar surface area (TPSA) is 52.9 Å². The maximum atomic E-state index is 10.5. The molecular weight excluding hydrogens is 192 g/mol. The number of nitrogens with zero attached hydrogens (tertiary/aromatic N) is 2. The second-order valence-electron chi connectivity index (χ2n) is 3.10. The molecule has 0 aliphatic rings. The van der Waals surface area contributed by atoms with Crippen LogP contribution in [-0.2, 0) is 4.79 Å². The number of amides is 1. The zero-order valence-corrected chi connectivity index (χ0v) is 8.63. The van der Waals surface area contributed by atoms with Crippen LogP contribution in [0.5, 0.6) is 5.75 Å². The molecule has 0 aliphatic heterocycles. The molecule has 1 aromatic rings. The summed E-state index contributed by atoms with van der Waals surface area (Å²) in [7, 11) is 0. The van der Waals surface area contributed by atoms with Gasteiger partial charge in [0, 0.05) is 6.54 Å². The largest absolute Gasteiger partial charge is 0.508 e. The number of aromatic hydroxyl groups is 1. The fourth-order valence-corrected chi connectivity index (χ4v) is 1.07. The highest BCUT2D eigenvalue weighted by molar-refractivity contribution is 5.80. The van der Waals surface area contributed by atoms with Crippen LogP contribution >= 0.6 is 0 Å². The summed E-state index contributed by atoms with van der Waals surface area (Å²) in [5.41, 5.74) is 0.843.